The van der Waals surface area contributed by atoms with Gasteiger partial charge in [-0.3, -0.25) is 9.59 Å². The van der Waals surface area contributed by atoms with Crippen LogP contribution in [0.25, 0.3) is 0 Å². The first-order valence-corrected chi connectivity index (χ1v) is 8.11. The van der Waals surface area contributed by atoms with E-state index < -0.39 is 0 Å². The van der Waals surface area contributed by atoms with Gasteiger partial charge < -0.3 is 20.7 Å². The lowest BCUT2D eigenvalue weighted by Gasteiger charge is -2.27. The Morgan fingerprint density at radius 1 is 1.35 bits per heavy atom. The quantitative estimate of drug-likeness (QED) is 0.611. The summed E-state index contributed by atoms with van der Waals surface area (Å²) in [5.41, 5.74) is 6.52. The summed E-state index contributed by atoms with van der Waals surface area (Å²) in [6, 6.07) is 7.83. The fourth-order valence-corrected chi connectivity index (χ4v) is 2.98. The first-order valence-electron chi connectivity index (χ1n) is 8.11. The van der Waals surface area contributed by atoms with Crippen molar-refractivity contribution in [1.29, 1.82) is 0 Å². The highest BCUT2D eigenvalue weighted by Crippen LogP contribution is 2.11. The molecule has 1 fully saturated rings. The Labute approximate surface area is 137 Å². The largest absolute Gasteiger partial charge is 0.497 e. The zero-order valence-corrected chi connectivity index (χ0v) is 13.6. The maximum atomic E-state index is 12.0. The second-order valence-corrected chi connectivity index (χ2v) is 6.07. The number of nitrogens with one attached hydrogen (secondary N) is 2. The summed E-state index contributed by atoms with van der Waals surface area (Å²) in [5.74, 6) is 0.516. The van der Waals surface area contributed by atoms with Crippen LogP contribution in [-0.2, 0) is 16.0 Å². The Bertz CT molecular complexity index is 530. The number of quaternary nitrogens is 1. The lowest BCUT2D eigenvalue weighted by Crippen LogP contribution is -3.15. The van der Waals surface area contributed by atoms with Crippen molar-refractivity contribution in [3.63, 3.8) is 0 Å². The monoisotopic (exact) mass is 320 g/mol. The van der Waals surface area contributed by atoms with E-state index in [9.17, 15) is 9.59 Å². The van der Waals surface area contributed by atoms with Crippen LogP contribution in [0.15, 0.2) is 24.3 Å². The molecule has 0 spiro atoms. The van der Waals surface area contributed by atoms with E-state index in [0.717, 1.165) is 42.0 Å². The molecule has 6 heteroatoms. The topological polar surface area (TPSA) is 85.9 Å². The number of nitrogens with two attached hydrogens (primary N) is 1. The summed E-state index contributed by atoms with van der Waals surface area (Å²) in [5, 5.41) is 2.94. The first kappa shape index (κ1) is 17.3. The predicted octanol–water partition coefficient (Wildman–Crippen LogP) is -0.866. The van der Waals surface area contributed by atoms with Crippen LogP contribution in [0.5, 0.6) is 5.75 Å². The fourth-order valence-electron chi connectivity index (χ4n) is 2.98. The molecule has 1 unspecified atom stereocenters. The minimum Gasteiger partial charge on any atom is -0.497 e. The van der Waals surface area contributed by atoms with Gasteiger partial charge in [-0.1, -0.05) is 12.1 Å². The van der Waals surface area contributed by atoms with Crippen LogP contribution in [0.2, 0.25) is 0 Å². The van der Waals surface area contributed by atoms with Crippen molar-refractivity contribution in [3.8, 4) is 5.75 Å². The average Bonchev–Trinajstić information content (AvgIpc) is 2.55. The molecule has 6 nitrogen and oxygen atoms in total. The van der Waals surface area contributed by atoms with Gasteiger partial charge in [0.2, 0.25) is 5.91 Å². The standard InChI is InChI=1S/C17H25N3O3/c1-23-15-6-4-13(5-7-15)8-9-19-16(21)12-20-10-2-3-14(11-20)17(18)22/h4-7,14H,2-3,8-12H2,1H3,(H2,18,22)(H,19,21)/p+1/t14-/m0/s1. The van der Waals surface area contributed by atoms with Gasteiger partial charge in [-0.2, -0.15) is 0 Å². The van der Waals surface area contributed by atoms with E-state index >= 15 is 0 Å². The second kappa shape index (κ2) is 8.53. The highest BCUT2D eigenvalue weighted by atomic mass is 16.5. The number of carbonyl (C=O) groups excluding carboxylic acids is 2. The van der Waals surface area contributed by atoms with E-state index in [4.69, 9.17) is 10.5 Å². The number of benzene rings is 1. The van der Waals surface area contributed by atoms with Crippen LogP contribution >= 0.6 is 0 Å². The van der Waals surface area contributed by atoms with Crippen molar-refractivity contribution < 1.29 is 19.2 Å². The number of ether oxygens (including phenoxy) is 1. The number of likely N-dealkylation sites (tertiary alicyclic amines) is 1. The summed E-state index contributed by atoms with van der Waals surface area (Å²) >= 11 is 0. The first-order chi connectivity index (χ1) is 11.1. The van der Waals surface area contributed by atoms with E-state index in [0.29, 0.717) is 19.6 Å². The van der Waals surface area contributed by atoms with Crippen LogP contribution < -0.4 is 20.7 Å². The molecule has 2 amide bonds. The molecule has 1 heterocycles. The van der Waals surface area contributed by atoms with E-state index in [1.165, 1.54) is 0 Å². The number of primary amides is 1. The molecule has 0 radical (unpaired) electrons. The Morgan fingerprint density at radius 3 is 2.74 bits per heavy atom. The summed E-state index contributed by atoms with van der Waals surface area (Å²) < 4.78 is 5.12. The number of carbonyl (C=O) groups is 2. The molecule has 2 atom stereocenters. The van der Waals surface area contributed by atoms with Gasteiger partial charge >= 0.3 is 0 Å². The average molecular weight is 320 g/mol. The molecule has 126 valence electrons. The maximum Gasteiger partial charge on any atom is 0.275 e. The molecule has 23 heavy (non-hydrogen) atoms. The number of hydrogen-bond donors (Lipinski definition) is 3. The Morgan fingerprint density at radius 2 is 2.09 bits per heavy atom. The molecule has 0 aliphatic carbocycles. The zero-order chi connectivity index (χ0) is 16.7. The highest BCUT2D eigenvalue weighted by molar-refractivity contribution is 5.77. The smallest absolute Gasteiger partial charge is 0.275 e. The van der Waals surface area contributed by atoms with Crippen molar-refractivity contribution >= 4 is 11.8 Å². The minimum atomic E-state index is -0.248. The highest BCUT2D eigenvalue weighted by Gasteiger charge is 2.28. The SMILES string of the molecule is COc1ccc(CCNC(=O)C[NH+]2CCC[C@H](C(N)=O)C2)cc1. The molecule has 1 saturated heterocycles. The Hall–Kier alpha value is -2.08. The van der Waals surface area contributed by atoms with Crippen LogP contribution in [0.1, 0.15) is 18.4 Å². The molecule has 1 aliphatic heterocycles. The van der Waals surface area contributed by atoms with Gasteiger partial charge in [-0.25, -0.2) is 0 Å². The van der Waals surface area contributed by atoms with Crippen molar-refractivity contribution in [2.75, 3.05) is 33.3 Å². The molecule has 0 saturated carbocycles. The molecule has 1 aliphatic rings. The van der Waals surface area contributed by atoms with E-state index in [1.807, 2.05) is 24.3 Å². The number of amides is 2. The number of rotatable bonds is 7. The summed E-state index contributed by atoms with van der Waals surface area (Å²) in [7, 11) is 1.64. The third-order valence-corrected chi connectivity index (χ3v) is 4.33. The third kappa shape index (κ3) is 5.56. The lowest BCUT2D eigenvalue weighted by molar-refractivity contribution is -0.899. The lowest BCUT2D eigenvalue weighted by atomic mass is 9.97. The van der Waals surface area contributed by atoms with Gasteiger partial charge in [0.1, 0.15) is 5.75 Å². The van der Waals surface area contributed by atoms with Gasteiger partial charge in [-0.05, 0) is 37.0 Å². The predicted molar refractivity (Wildman–Crippen MR) is 87.2 cm³/mol. The molecule has 0 bridgehead atoms. The van der Waals surface area contributed by atoms with Crippen LogP contribution in [0, 0.1) is 5.92 Å². The molecule has 1 aromatic carbocycles. The van der Waals surface area contributed by atoms with Crippen molar-refractivity contribution in [1.82, 2.24) is 5.32 Å². The van der Waals surface area contributed by atoms with Crippen LogP contribution in [0.4, 0.5) is 0 Å². The third-order valence-electron chi connectivity index (χ3n) is 4.33. The number of hydrogen-bond acceptors (Lipinski definition) is 3. The number of piperidine rings is 1. The maximum absolute atomic E-state index is 12.0. The minimum absolute atomic E-state index is 0.0265. The van der Waals surface area contributed by atoms with Gasteiger partial charge in [0.05, 0.1) is 26.1 Å². The molecular formula is C17H26N3O3+. The molecule has 2 rings (SSSR count). The fraction of sp³-hybridized carbons (Fsp3) is 0.529. The van der Waals surface area contributed by atoms with Gasteiger partial charge in [-0.15, -0.1) is 0 Å². The number of methoxy groups -OCH3 is 1. The van der Waals surface area contributed by atoms with E-state index in [2.05, 4.69) is 5.32 Å². The van der Waals surface area contributed by atoms with Crippen LogP contribution in [-0.4, -0.2) is 45.1 Å². The Balaban J connectivity index is 1.69. The van der Waals surface area contributed by atoms with E-state index in [1.54, 1.807) is 7.11 Å². The summed E-state index contributed by atoms with van der Waals surface area (Å²) in [4.78, 5) is 24.4. The molecule has 4 N–H and O–H groups in total. The molecular weight excluding hydrogens is 294 g/mol. The van der Waals surface area contributed by atoms with Gasteiger partial charge in [0.25, 0.3) is 5.91 Å². The van der Waals surface area contributed by atoms with Crippen molar-refractivity contribution in [3.05, 3.63) is 29.8 Å². The second-order valence-electron chi connectivity index (χ2n) is 6.07. The van der Waals surface area contributed by atoms with Crippen molar-refractivity contribution in [2.45, 2.75) is 19.3 Å². The summed E-state index contributed by atoms with van der Waals surface area (Å²) in [6.07, 6.45) is 2.58. The van der Waals surface area contributed by atoms with Gasteiger partial charge in [0.15, 0.2) is 6.54 Å². The van der Waals surface area contributed by atoms with Crippen LogP contribution in [0.3, 0.4) is 0 Å². The molecule has 0 aromatic heterocycles. The zero-order valence-electron chi connectivity index (χ0n) is 13.6. The molecule has 1 aromatic rings. The van der Waals surface area contributed by atoms with E-state index in [-0.39, 0.29) is 17.7 Å². The Kier molecular flexibility index (Phi) is 6.40. The van der Waals surface area contributed by atoms with Gasteiger partial charge in [0, 0.05) is 6.54 Å². The summed E-state index contributed by atoms with van der Waals surface area (Å²) in [6.45, 7) is 2.61. The normalized spacial score (nSPS) is 20.7. The van der Waals surface area contributed by atoms with Crippen molar-refractivity contribution in [2.24, 2.45) is 11.7 Å².